The van der Waals surface area contributed by atoms with E-state index in [0.29, 0.717) is 20.6 Å². The lowest BCUT2D eigenvalue weighted by molar-refractivity contribution is -0.139. The van der Waals surface area contributed by atoms with E-state index in [-0.39, 0.29) is 12.2 Å². The van der Waals surface area contributed by atoms with E-state index in [1.54, 1.807) is 24.6 Å². The number of nitrogens with zero attached hydrogens (tertiary/aromatic N) is 2. The summed E-state index contributed by atoms with van der Waals surface area (Å²) in [5.41, 5.74) is 4.09. The summed E-state index contributed by atoms with van der Waals surface area (Å²) in [5.74, 6) is -0.440. The Hall–Kier alpha value is -2.97. The fourth-order valence-corrected chi connectivity index (χ4v) is 5.28. The van der Waals surface area contributed by atoms with Crippen molar-refractivity contribution in [1.29, 1.82) is 0 Å². The summed E-state index contributed by atoms with van der Waals surface area (Å²) in [6.07, 6.45) is 1.71. The standard InChI is InChI=1S/C23H23N3O3S2/c1-5-29-22(28)19-15(4)25-23-26(20(19)17-7-6-10-30-17)21(27)18(31-23)12-24-16-9-8-13(2)14(3)11-16/h6-12,20,24H,5H2,1-4H3/b18-12-/t20-/m1/s1. The Morgan fingerprint density at radius 2 is 2.06 bits per heavy atom. The van der Waals surface area contributed by atoms with Gasteiger partial charge in [-0.05, 0) is 62.4 Å². The van der Waals surface area contributed by atoms with Gasteiger partial charge in [-0.3, -0.25) is 9.36 Å². The van der Waals surface area contributed by atoms with Gasteiger partial charge in [-0.1, -0.05) is 23.5 Å². The van der Waals surface area contributed by atoms with Gasteiger partial charge in [0.15, 0.2) is 4.80 Å². The normalized spacial score (nSPS) is 16.1. The third-order valence-electron chi connectivity index (χ3n) is 5.21. The lowest BCUT2D eigenvalue weighted by atomic mass is 10.0. The maximum Gasteiger partial charge on any atom is 0.338 e. The van der Waals surface area contributed by atoms with E-state index >= 15 is 0 Å². The molecule has 1 atom stereocenters. The molecule has 0 aliphatic carbocycles. The second-order valence-electron chi connectivity index (χ2n) is 7.26. The van der Waals surface area contributed by atoms with Crippen molar-refractivity contribution < 1.29 is 9.53 Å². The molecule has 31 heavy (non-hydrogen) atoms. The molecule has 0 amide bonds. The predicted octanol–water partition coefficient (Wildman–Crippen LogP) is 3.50. The first-order valence-electron chi connectivity index (χ1n) is 9.96. The topological polar surface area (TPSA) is 72.7 Å². The van der Waals surface area contributed by atoms with Crippen molar-refractivity contribution in [3.63, 3.8) is 0 Å². The lowest BCUT2D eigenvalue weighted by Crippen LogP contribution is -2.39. The SMILES string of the molecule is CCOC(=O)C1=C(C)N=c2s/c(=C\Nc3ccc(C)c(C)c3)c(=O)n2[C@@H]1c1cccs1. The Balaban J connectivity index is 1.82. The smallest absolute Gasteiger partial charge is 0.338 e. The second-order valence-corrected chi connectivity index (χ2v) is 9.25. The average molecular weight is 454 g/mol. The first-order chi connectivity index (χ1) is 14.9. The number of rotatable bonds is 5. The first kappa shape index (κ1) is 21.3. The zero-order valence-electron chi connectivity index (χ0n) is 17.8. The van der Waals surface area contributed by atoms with Gasteiger partial charge in [-0.15, -0.1) is 11.3 Å². The number of hydrogen-bond acceptors (Lipinski definition) is 7. The number of esters is 1. The van der Waals surface area contributed by atoms with Crippen LogP contribution in [0.2, 0.25) is 0 Å². The van der Waals surface area contributed by atoms with Gasteiger partial charge in [0, 0.05) is 16.8 Å². The quantitative estimate of drug-likeness (QED) is 0.600. The van der Waals surface area contributed by atoms with Gasteiger partial charge in [0.2, 0.25) is 0 Å². The summed E-state index contributed by atoms with van der Waals surface area (Å²) >= 11 is 2.81. The molecule has 4 rings (SSSR count). The minimum Gasteiger partial charge on any atom is -0.463 e. The van der Waals surface area contributed by atoms with E-state index in [9.17, 15) is 9.59 Å². The molecular formula is C23H23N3O3S2. The highest BCUT2D eigenvalue weighted by molar-refractivity contribution is 7.10. The summed E-state index contributed by atoms with van der Waals surface area (Å²) in [4.78, 5) is 32.1. The molecule has 1 aliphatic rings. The molecule has 1 aliphatic heterocycles. The van der Waals surface area contributed by atoms with Crippen LogP contribution in [0.3, 0.4) is 0 Å². The zero-order valence-corrected chi connectivity index (χ0v) is 19.4. The van der Waals surface area contributed by atoms with Gasteiger partial charge in [-0.25, -0.2) is 9.79 Å². The van der Waals surface area contributed by atoms with E-state index < -0.39 is 12.0 Å². The molecular weight excluding hydrogens is 430 g/mol. The lowest BCUT2D eigenvalue weighted by Gasteiger charge is -2.23. The molecule has 1 N–H and O–H groups in total. The van der Waals surface area contributed by atoms with Crippen LogP contribution in [0.5, 0.6) is 0 Å². The highest BCUT2D eigenvalue weighted by atomic mass is 32.1. The number of carbonyl (C=O) groups is 1. The number of ether oxygens (including phenoxy) is 1. The molecule has 160 valence electrons. The summed E-state index contributed by atoms with van der Waals surface area (Å²) in [6.45, 7) is 7.93. The number of benzene rings is 1. The number of fused-ring (bicyclic) bond motifs is 1. The van der Waals surface area contributed by atoms with Gasteiger partial charge in [0.25, 0.3) is 5.56 Å². The van der Waals surface area contributed by atoms with Gasteiger partial charge < -0.3 is 10.1 Å². The molecule has 8 heteroatoms. The van der Waals surface area contributed by atoms with Crippen molar-refractivity contribution in [2.45, 2.75) is 33.7 Å². The highest BCUT2D eigenvalue weighted by Gasteiger charge is 2.33. The maximum atomic E-state index is 13.4. The molecule has 0 bridgehead atoms. The van der Waals surface area contributed by atoms with Gasteiger partial charge in [-0.2, -0.15) is 0 Å². The molecule has 3 heterocycles. The molecule has 3 aromatic rings. The molecule has 0 saturated carbocycles. The van der Waals surface area contributed by atoms with Crippen LogP contribution in [0.4, 0.5) is 5.69 Å². The van der Waals surface area contributed by atoms with Gasteiger partial charge >= 0.3 is 5.97 Å². The molecule has 6 nitrogen and oxygen atoms in total. The monoisotopic (exact) mass is 453 g/mol. The molecule has 0 spiro atoms. The summed E-state index contributed by atoms with van der Waals surface area (Å²) in [6, 6.07) is 9.36. The van der Waals surface area contributed by atoms with Crippen molar-refractivity contribution in [1.82, 2.24) is 4.57 Å². The van der Waals surface area contributed by atoms with Crippen LogP contribution in [-0.2, 0) is 9.53 Å². The van der Waals surface area contributed by atoms with Gasteiger partial charge in [0.05, 0.1) is 17.9 Å². The Morgan fingerprint density at radius 3 is 2.74 bits per heavy atom. The summed E-state index contributed by atoms with van der Waals surface area (Å²) in [5, 5.41) is 5.16. The number of carbonyl (C=O) groups excluding carboxylic acids is 1. The largest absolute Gasteiger partial charge is 0.463 e. The summed E-state index contributed by atoms with van der Waals surface area (Å²) < 4.78 is 7.41. The van der Waals surface area contributed by atoms with Crippen molar-refractivity contribution in [3.8, 4) is 0 Å². The zero-order chi connectivity index (χ0) is 22.1. The molecule has 2 aromatic heterocycles. The van der Waals surface area contributed by atoms with Crippen LogP contribution in [0.15, 0.2) is 56.8 Å². The van der Waals surface area contributed by atoms with Crippen LogP contribution in [0, 0.1) is 13.8 Å². The van der Waals surface area contributed by atoms with Crippen LogP contribution >= 0.6 is 22.7 Å². The number of nitrogens with one attached hydrogen (secondary N) is 1. The maximum absolute atomic E-state index is 13.4. The minimum atomic E-state index is -0.543. The first-order valence-corrected chi connectivity index (χ1v) is 11.7. The van der Waals surface area contributed by atoms with Crippen molar-refractivity contribution in [2.75, 3.05) is 11.9 Å². The van der Waals surface area contributed by atoms with Crippen molar-refractivity contribution in [3.05, 3.63) is 82.7 Å². The molecule has 0 radical (unpaired) electrons. The third kappa shape index (κ3) is 4.00. The Bertz CT molecular complexity index is 1350. The molecule has 0 saturated heterocycles. The number of allylic oxidation sites excluding steroid dienone is 1. The van der Waals surface area contributed by atoms with Crippen LogP contribution in [-0.4, -0.2) is 17.1 Å². The van der Waals surface area contributed by atoms with E-state index in [1.807, 2.05) is 35.7 Å². The van der Waals surface area contributed by atoms with Gasteiger partial charge in [0.1, 0.15) is 10.6 Å². The van der Waals surface area contributed by atoms with E-state index in [4.69, 9.17) is 4.74 Å². The number of hydrogen-bond donors (Lipinski definition) is 1. The van der Waals surface area contributed by atoms with Crippen LogP contribution in [0.1, 0.15) is 35.9 Å². The number of aryl methyl sites for hydroxylation is 2. The minimum absolute atomic E-state index is 0.187. The third-order valence-corrected chi connectivity index (χ3v) is 7.11. The molecule has 0 unspecified atom stereocenters. The Morgan fingerprint density at radius 1 is 1.26 bits per heavy atom. The van der Waals surface area contributed by atoms with E-state index in [0.717, 1.165) is 10.6 Å². The predicted molar refractivity (Wildman–Crippen MR) is 125 cm³/mol. The number of aromatic nitrogens is 1. The molecule has 1 aromatic carbocycles. The number of thiazole rings is 1. The van der Waals surface area contributed by atoms with Crippen molar-refractivity contribution in [2.24, 2.45) is 4.99 Å². The summed E-state index contributed by atoms with van der Waals surface area (Å²) in [7, 11) is 0. The number of anilines is 1. The number of thiophene rings is 1. The van der Waals surface area contributed by atoms with Crippen LogP contribution in [0.25, 0.3) is 6.20 Å². The fraction of sp³-hybridized carbons (Fsp3) is 0.261. The molecule has 0 fully saturated rings. The van der Waals surface area contributed by atoms with Crippen molar-refractivity contribution >= 4 is 40.5 Å². The average Bonchev–Trinajstić information content (AvgIpc) is 3.36. The Labute approximate surface area is 187 Å². The van der Waals surface area contributed by atoms with E-state index in [2.05, 4.69) is 24.2 Å². The highest BCUT2D eigenvalue weighted by Crippen LogP contribution is 2.33. The second kappa shape index (κ2) is 8.64. The Kier molecular flexibility index (Phi) is 5.93. The van der Waals surface area contributed by atoms with E-state index in [1.165, 1.54) is 33.8 Å². The van der Waals surface area contributed by atoms with Crippen LogP contribution < -0.4 is 20.2 Å². The fourth-order valence-electron chi connectivity index (χ4n) is 3.49.